The molecule has 2 aliphatic heterocycles. The number of amidine groups is 1. The summed E-state index contributed by atoms with van der Waals surface area (Å²) in [5, 5.41) is 0. The molecule has 128 valence electrons. The van der Waals surface area contributed by atoms with Crippen molar-refractivity contribution in [3.05, 3.63) is 66.2 Å². The standard InChI is InChI=1S/C22H24N2O/c1-25-21-13-6-5-12-20(21)23-22-16-18(17-9-3-2-4-10-17)15-19-11-7-8-14-24(19)22/h2-6,9-10,12-13,16,19H,7-8,11,14-15H2,1H3/t19-/m0/s1. The van der Waals surface area contributed by atoms with Crippen molar-refractivity contribution in [3.63, 3.8) is 0 Å². The highest BCUT2D eigenvalue weighted by atomic mass is 16.5. The van der Waals surface area contributed by atoms with Gasteiger partial charge in [-0.25, -0.2) is 4.99 Å². The predicted octanol–water partition coefficient (Wildman–Crippen LogP) is 5.07. The smallest absolute Gasteiger partial charge is 0.144 e. The molecule has 1 atom stereocenters. The summed E-state index contributed by atoms with van der Waals surface area (Å²) in [6.45, 7) is 1.09. The van der Waals surface area contributed by atoms with Crippen molar-refractivity contribution in [3.8, 4) is 5.75 Å². The normalized spacial score (nSPS) is 21.6. The molecule has 0 bridgehead atoms. The van der Waals surface area contributed by atoms with Gasteiger partial charge < -0.3 is 9.64 Å². The molecular formula is C22H24N2O. The number of hydrogen-bond donors (Lipinski definition) is 0. The number of hydrogen-bond acceptors (Lipinski definition) is 2. The Balaban J connectivity index is 1.77. The van der Waals surface area contributed by atoms with E-state index in [0.29, 0.717) is 6.04 Å². The van der Waals surface area contributed by atoms with Crippen LogP contribution in [0.1, 0.15) is 31.2 Å². The molecule has 1 fully saturated rings. The Bertz CT molecular complexity index is 795. The van der Waals surface area contributed by atoms with E-state index in [9.17, 15) is 0 Å². The number of nitrogens with zero attached hydrogens (tertiary/aromatic N) is 2. The quantitative estimate of drug-likeness (QED) is 0.784. The zero-order valence-corrected chi connectivity index (χ0v) is 14.7. The van der Waals surface area contributed by atoms with Gasteiger partial charge in [0.1, 0.15) is 17.3 Å². The number of piperidine rings is 1. The summed E-state index contributed by atoms with van der Waals surface area (Å²) in [4.78, 5) is 7.48. The molecular weight excluding hydrogens is 308 g/mol. The van der Waals surface area contributed by atoms with Gasteiger partial charge in [-0.1, -0.05) is 42.5 Å². The second-order valence-corrected chi connectivity index (χ2v) is 6.72. The van der Waals surface area contributed by atoms with Gasteiger partial charge in [-0.05, 0) is 55.0 Å². The molecule has 0 aliphatic carbocycles. The third kappa shape index (κ3) is 3.32. The molecule has 2 heterocycles. The fraction of sp³-hybridized carbons (Fsp3) is 0.318. The lowest BCUT2D eigenvalue weighted by Crippen LogP contribution is -2.45. The van der Waals surface area contributed by atoms with Crippen molar-refractivity contribution >= 4 is 17.1 Å². The van der Waals surface area contributed by atoms with Gasteiger partial charge in [-0.2, -0.15) is 0 Å². The average molecular weight is 332 g/mol. The zero-order valence-electron chi connectivity index (χ0n) is 14.7. The maximum absolute atomic E-state index is 5.49. The summed E-state index contributed by atoms with van der Waals surface area (Å²) in [7, 11) is 1.70. The molecule has 0 unspecified atom stereocenters. The molecule has 0 aromatic heterocycles. The van der Waals surface area contributed by atoms with Crippen LogP contribution in [-0.2, 0) is 0 Å². The van der Waals surface area contributed by atoms with E-state index in [1.165, 1.54) is 30.4 Å². The summed E-state index contributed by atoms with van der Waals surface area (Å²) in [5.74, 6) is 1.89. The number of para-hydroxylation sites is 2. The summed E-state index contributed by atoms with van der Waals surface area (Å²) >= 11 is 0. The molecule has 0 radical (unpaired) electrons. The summed E-state index contributed by atoms with van der Waals surface area (Å²) in [6.07, 6.45) is 7.18. The third-order valence-corrected chi connectivity index (χ3v) is 5.15. The molecule has 2 aliphatic rings. The van der Waals surface area contributed by atoms with Gasteiger partial charge in [0.05, 0.1) is 7.11 Å². The third-order valence-electron chi connectivity index (χ3n) is 5.15. The summed E-state index contributed by atoms with van der Waals surface area (Å²) in [6, 6.07) is 19.2. The first kappa shape index (κ1) is 15.9. The van der Waals surface area contributed by atoms with Gasteiger partial charge in [0.25, 0.3) is 0 Å². The maximum Gasteiger partial charge on any atom is 0.144 e. The van der Waals surface area contributed by atoms with Crippen LogP contribution in [0.4, 0.5) is 5.69 Å². The van der Waals surface area contributed by atoms with Crippen molar-refractivity contribution in [2.45, 2.75) is 31.7 Å². The molecule has 3 heteroatoms. The number of methoxy groups -OCH3 is 1. The monoisotopic (exact) mass is 332 g/mol. The summed E-state index contributed by atoms with van der Waals surface area (Å²) in [5.41, 5.74) is 3.59. The van der Waals surface area contributed by atoms with Crippen molar-refractivity contribution in [2.24, 2.45) is 4.99 Å². The molecule has 4 rings (SSSR count). The van der Waals surface area contributed by atoms with Gasteiger partial charge in [0, 0.05) is 12.6 Å². The Morgan fingerprint density at radius 3 is 2.64 bits per heavy atom. The molecule has 0 amide bonds. The van der Waals surface area contributed by atoms with E-state index in [2.05, 4.69) is 41.3 Å². The molecule has 3 nitrogen and oxygen atoms in total. The van der Waals surface area contributed by atoms with Gasteiger partial charge in [-0.3, -0.25) is 0 Å². The molecule has 2 aromatic carbocycles. The highest BCUT2D eigenvalue weighted by Gasteiger charge is 2.29. The maximum atomic E-state index is 5.49. The Morgan fingerprint density at radius 2 is 1.80 bits per heavy atom. The number of benzene rings is 2. The van der Waals surface area contributed by atoms with Crippen LogP contribution in [0.15, 0.2) is 65.7 Å². The second kappa shape index (κ2) is 7.14. The van der Waals surface area contributed by atoms with E-state index < -0.39 is 0 Å². The van der Waals surface area contributed by atoms with E-state index in [4.69, 9.17) is 9.73 Å². The van der Waals surface area contributed by atoms with E-state index in [1.807, 2.05) is 24.3 Å². The van der Waals surface area contributed by atoms with Crippen LogP contribution < -0.4 is 4.74 Å². The molecule has 0 spiro atoms. The van der Waals surface area contributed by atoms with E-state index in [0.717, 1.165) is 30.2 Å². The predicted molar refractivity (Wildman–Crippen MR) is 103 cm³/mol. The van der Waals surface area contributed by atoms with E-state index in [-0.39, 0.29) is 0 Å². The number of rotatable bonds is 3. The minimum atomic E-state index is 0.558. The first-order valence-corrected chi connectivity index (χ1v) is 9.09. The van der Waals surface area contributed by atoms with Crippen molar-refractivity contribution in [1.82, 2.24) is 4.90 Å². The largest absolute Gasteiger partial charge is 0.494 e. The van der Waals surface area contributed by atoms with Crippen molar-refractivity contribution in [1.29, 1.82) is 0 Å². The van der Waals surface area contributed by atoms with Crippen LogP contribution in [0.2, 0.25) is 0 Å². The average Bonchev–Trinajstić information content (AvgIpc) is 2.69. The number of fused-ring (bicyclic) bond motifs is 1. The van der Waals surface area contributed by atoms with Crippen LogP contribution >= 0.6 is 0 Å². The lowest BCUT2D eigenvalue weighted by molar-refractivity contribution is 0.242. The lowest BCUT2D eigenvalue weighted by atomic mass is 9.88. The topological polar surface area (TPSA) is 24.8 Å². The van der Waals surface area contributed by atoms with Crippen LogP contribution in [0.3, 0.4) is 0 Å². The van der Waals surface area contributed by atoms with Crippen LogP contribution in [0.5, 0.6) is 5.75 Å². The fourth-order valence-electron chi connectivity index (χ4n) is 3.86. The van der Waals surface area contributed by atoms with Gasteiger partial charge in [0.15, 0.2) is 0 Å². The van der Waals surface area contributed by atoms with Crippen molar-refractivity contribution < 1.29 is 4.74 Å². The minimum Gasteiger partial charge on any atom is -0.494 e. The highest BCUT2D eigenvalue weighted by Crippen LogP contribution is 2.34. The Hall–Kier alpha value is -2.55. The lowest BCUT2D eigenvalue weighted by Gasteiger charge is -2.41. The number of aliphatic imine (C=N–C) groups is 1. The molecule has 25 heavy (non-hydrogen) atoms. The Morgan fingerprint density at radius 1 is 1.00 bits per heavy atom. The number of ether oxygens (including phenoxy) is 1. The Kier molecular flexibility index (Phi) is 4.55. The van der Waals surface area contributed by atoms with Crippen LogP contribution in [-0.4, -0.2) is 30.4 Å². The van der Waals surface area contributed by atoms with Gasteiger partial charge in [-0.15, -0.1) is 0 Å². The fourth-order valence-corrected chi connectivity index (χ4v) is 3.86. The molecule has 2 aromatic rings. The minimum absolute atomic E-state index is 0.558. The molecule has 0 saturated carbocycles. The highest BCUT2D eigenvalue weighted by molar-refractivity contribution is 6.02. The molecule has 0 N–H and O–H groups in total. The zero-order chi connectivity index (χ0) is 17.1. The Labute approximate surface area is 149 Å². The first-order chi connectivity index (χ1) is 12.3. The van der Waals surface area contributed by atoms with Crippen LogP contribution in [0, 0.1) is 0 Å². The van der Waals surface area contributed by atoms with Crippen LogP contribution in [0.25, 0.3) is 5.57 Å². The van der Waals surface area contributed by atoms with E-state index >= 15 is 0 Å². The van der Waals surface area contributed by atoms with Gasteiger partial charge >= 0.3 is 0 Å². The SMILES string of the molecule is COc1ccccc1N=C1C=C(c2ccccc2)C[C@@H]2CCCCN12. The van der Waals surface area contributed by atoms with E-state index in [1.54, 1.807) is 7.11 Å². The summed E-state index contributed by atoms with van der Waals surface area (Å²) < 4.78 is 5.49. The second-order valence-electron chi connectivity index (χ2n) is 6.72. The first-order valence-electron chi connectivity index (χ1n) is 9.09. The molecule has 1 saturated heterocycles. The van der Waals surface area contributed by atoms with Crippen molar-refractivity contribution in [2.75, 3.05) is 13.7 Å². The van der Waals surface area contributed by atoms with Gasteiger partial charge in [0.2, 0.25) is 0 Å².